The lowest BCUT2D eigenvalue weighted by molar-refractivity contribution is 0.0508. The number of hydrogen-bond donors (Lipinski definition) is 1. The first-order valence-corrected chi connectivity index (χ1v) is 7.11. The van der Waals surface area contributed by atoms with E-state index in [1.54, 1.807) is 16.8 Å². The molecule has 114 valence electrons. The molecule has 6 nitrogen and oxygen atoms in total. The van der Waals surface area contributed by atoms with Crippen LogP contribution in [0.2, 0.25) is 5.15 Å². The third kappa shape index (κ3) is 4.32. The molecule has 0 aliphatic carbocycles. The predicted molar refractivity (Wildman–Crippen MR) is 80.5 cm³/mol. The van der Waals surface area contributed by atoms with Crippen LogP contribution in [0.4, 0.5) is 4.79 Å². The van der Waals surface area contributed by atoms with Gasteiger partial charge in [0.05, 0.1) is 6.20 Å². The fourth-order valence-corrected chi connectivity index (χ4v) is 2.11. The zero-order valence-corrected chi connectivity index (χ0v) is 13.3. The summed E-state index contributed by atoms with van der Waals surface area (Å²) in [6, 6.07) is 1.64. The average molecular weight is 311 g/mol. The zero-order valence-electron chi connectivity index (χ0n) is 12.6. The van der Waals surface area contributed by atoms with Crippen molar-refractivity contribution in [2.75, 3.05) is 0 Å². The van der Waals surface area contributed by atoms with Gasteiger partial charge >= 0.3 is 6.09 Å². The Balaban J connectivity index is 2.02. The van der Waals surface area contributed by atoms with Gasteiger partial charge in [-0.3, -0.25) is 0 Å². The average Bonchev–Trinajstić information content (AvgIpc) is 2.73. The summed E-state index contributed by atoms with van der Waals surface area (Å²) in [4.78, 5) is 16.0. The lowest BCUT2D eigenvalue weighted by Gasteiger charge is -2.22. The number of aromatic nitrogens is 3. The van der Waals surface area contributed by atoms with Gasteiger partial charge < -0.3 is 10.1 Å². The minimum Gasteiger partial charge on any atom is -0.444 e. The van der Waals surface area contributed by atoms with Gasteiger partial charge in [0.15, 0.2) is 5.65 Å². The molecule has 0 radical (unpaired) electrons. The van der Waals surface area contributed by atoms with Crippen molar-refractivity contribution in [3.8, 4) is 0 Å². The van der Waals surface area contributed by atoms with Gasteiger partial charge in [-0.15, -0.1) is 0 Å². The number of carbonyl (C=O) groups is 1. The summed E-state index contributed by atoms with van der Waals surface area (Å²) in [6.45, 7) is 7.35. The first kappa shape index (κ1) is 15.6. The smallest absolute Gasteiger partial charge is 0.407 e. The molecule has 0 saturated heterocycles. The maximum Gasteiger partial charge on any atom is 0.407 e. The van der Waals surface area contributed by atoms with Crippen molar-refractivity contribution in [2.24, 2.45) is 0 Å². The molecule has 0 fully saturated rings. The van der Waals surface area contributed by atoms with E-state index in [2.05, 4.69) is 15.4 Å². The second-order valence-corrected chi connectivity index (χ2v) is 6.30. The molecule has 2 heterocycles. The van der Waals surface area contributed by atoms with Gasteiger partial charge in [-0.25, -0.2) is 14.3 Å². The summed E-state index contributed by atoms with van der Waals surface area (Å²) in [6.07, 6.45) is 3.57. The highest BCUT2D eigenvalue weighted by Crippen LogP contribution is 2.16. The summed E-state index contributed by atoms with van der Waals surface area (Å²) in [5, 5.41) is 7.31. The van der Waals surface area contributed by atoms with Crippen LogP contribution in [0.3, 0.4) is 0 Å². The van der Waals surface area contributed by atoms with E-state index in [0.29, 0.717) is 17.2 Å². The molecule has 0 unspecified atom stereocenters. The fourth-order valence-electron chi connectivity index (χ4n) is 1.90. The molecule has 1 atom stereocenters. The maximum atomic E-state index is 11.7. The molecule has 21 heavy (non-hydrogen) atoms. The van der Waals surface area contributed by atoms with Crippen LogP contribution < -0.4 is 5.32 Å². The second kappa shape index (κ2) is 5.89. The van der Waals surface area contributed by atoms with E-state index in [1.165, 1.54) is 0 Å². The lowest BCUT2D eigenvalue weighted by Crippen LogP contribution is -2.38. The molecule has 0 aliphatic heterocycles. The van der Waals surface area contributed by atoms with E-state index < -0.39 is 11.7 Å². The quantitative estimate of drug-likeness (QED) is 0.885. The van der Waals surface area contributed by atoms with Crippen molar-refractivity contribution in [3.63, 3.8) is 0 Å². The number of alkyl carbamates (subject to hydrolysis) is 1. The number of carbonyl (C=O) groups excluding carboxylic acids is 1. The third-order valence-electron chi connectivity index (χ3n) is 2.69. The Morgan fingerprint density at radius 3 is 2.90 bits per heavy atom. The highest BCUT2D eigenvalue weighted by molar-refractivity contribution is 6.30. The topological polar surface area (TPSA) is 68.5 Å². The molecule has 0 aliphatic rings. The normalized spacial score (nSPS) is 13.2. The largest absolute Gasteiger partial charge is 0.444 e. The van der Waals surface area contributed by atoms with Crippen LogP contribution in [0.5, 0.6) is 0 Å². The summed E-state index contributed by atoms with van der Waals surface area (Å²) < 4.78 is 6.87. The summed E-state index contributed by atoms with van der Waals surface area (Å²) >= 11 is 6.15. The molecule has 2 aromatic heterocycles. The van der Waals surface area contributed by atoms with E-state index in [4.69, 9.17) is 16.3 Å². The van der Waals surface area contributed by atoms with E-state index in [0.717, 1.165) is 5.56 Å². The Kier molecular flexibility index (Phi) is 4.37. The molecule has 2 aromatic rings. The Bertz CT molecular complexity index is 648. The predicted octanol–water partition coefficient (Wildman–Crippen LogP) is 2.84. The van der Waals surface area contributed by atoms with Gasteiger partial charge in [-0.2, -0.15) is 5.10 Å². The van der Waals surface area contributed by atoms with Gasteiger partial charge in [0.25, 0.3) is 0 Å². The van der Waals surface area contributed by atoms with E-state index in [1.807, 2.05) is 33.9 Å². The van der Waals surface area contributed by atoms with Gasteiger partial charge in [0, 0.05) is 23.9 Å². The monoisotopic (exact) mass is 310 g/mol. The Hall–Kier alpha value is -1.82. The number of rotatable bonds is 3. The van der Waals surface area contributed by atoms with Crippen LogP contribution >= 0.6 is 11.6 Å². The van der Waals surface area contributed by atoms with Gasteiger partial charge in [-0.1, -0.05) is 11.6 Å². The minimum atomic E-state index is -0.517. The molecule has 0 spiro atoms. The second-order valence-electron chi connectivity index (χ2n) is 5.94. The van der Waals surface area contributed by atoms with Gasteiger partial charge in [0.1, 0.15) is 10.8 Å². The van der Waals surface area contributed by atoms with Crippen LogP contribution in [0.1, 0.15) is 33.3 Å². The van der Waals surface area contributed by atoms with E-state index in [9.17, 15) is 4.79 Å². The lowest BCUT2D eigenvalue weighted by atomic mass is 10.1. The molecule has 0 saturated carbocycles. The molecule has 1 N–H and O–H groups in total. The van der Waals surface area contributed by atoms with Crippen LogP contribution in [0, 0.1) is 0 Å². The first-order chi connectivity index (χ1) is 9.74. The fraction of sp³-hybridized carbons (Fsp3) is 0.500. The van der Waals surface area contributed by atoms with Crippen LogP contribution in [-0.2, 0) is 11.2 Å². The van der Waals surface area contributed by atoms with Crippen molar-refractivity contribution < 1.29 is 9.53 Å². The molecule has 1 amide bonds. The Morgan fingerprint density at radius 1 is 1.52 bits per heavy atom. The molecule has 0 bridgehead atoms. The first-order valence-electron chi connectivity index (χ1n) is 6.73. The summed E-state index contributed by atoms with van der Waals surface area (Å²) in [5.41, 5.74) is 0.990. The number of hydrogen-bond acceptors (Lipinski definition) is 4. The summed E-state index contributed by atoms with van der Waals surface area (Å²) in [5.74, 6) is 0. The molecule has 2 rings (SSSR count). The van der Waals surface area contributed by atoms with Gasteiger partial charge in [0.2, 0.25) is 0 Å². The minimum absolute atomic E-state index is 0.132. The number of fused-ring (bicyclic) bond motifs is 1. The van der Waals surface area contributed by atoms with Crippen LogP contribution in [0.25, 0.3) is 5.65 Å². The van der Waals surface area contributed by atoms with E-state index in [-0.39, 0.29) is 6.04 Å². The van der Waals surface area contributed by atoms with Crippen molar-refractivity contribution in [1.29, 1.82) is 0 Å². The number of nitrogens with zero attached hydrogens (tertiary/aromatic N) is 3. The maximum absolute atomic E-state index is 11.7. The molecule has 7 heteroatoms. The van der Waals surface area contributed by atoms with Crippen molar-refractivity contribution >= 4 is 23.3 Å². The highest BCUT2D eigenvalue weighted by Gasteiger charge is 2.18. The third-order valence-corrected chi connectivity index (χ3v) is 3.02. The Labute approximate surface area is 128 Å². The number of amides is 1. The SMILES string of the molecule is C[C@H](Cc1cn2nccc2nc1Cl)NC(=O)OC(C)(C)C. The number of halogens is 1. The van der Waals surface area contributed by atoms with Crippen molar-refractivity contribution in [2.45, 2.75) is 45.8 Å². The Morgan fingerprint density at radius 2 is 2.24 bits per heavy atom. The molecular weight excluding hydrogens is 292 g/mol. The van der Waals surface area contributed by atoms with Crippen molar-refractivity contribution in [3.05, 3.63) is 29.2 Å². The molecular formula is C14H19ClN4O2. The zero-order chi connectivity index (χ0) is 15.6. The van der Waals surface area contributed by atoms with Crippen LogP contribution in [0.15, 0.2) is 18.5 Å². The number of nitrogens with one attached hydrogen (secondary N) is 1. The molecule has 0 aromatic carbocycles. The van der Waals surface area contributed by atoms with Crippen molar-refractivity contribution in [1.82, 2.24) is 19.9 Å². The van der Waals surface area contributed by atoms with Gasteiger partial charge in [-0.05, 0) is 34.1 Å². The van der Waals surface area contributed by atoms with E-state index >= 15 is 0 Å². The van der Waals surface area contributed by atoms with Crippen LogP contribution in [-0.4, -0.2) is 32.3 Å². The number of ether oxygens (including phenoxy) is 1. The summed E-state index contributed by atoms with van der Waals surface area (Å²) in [7, 11) is 0. The highest BCUT2D eigenvalue weighted by atomic mass is 35.5. The standard InChI is InChI=1S/C14H19ClN4O2/c1-9(17-13(20)21-14(2,3)4)7-10-8-19-11(5-6-16-19)18-12(10)15/h5-6,8-9H,7H2,1-4H3,(H,17,20)/t9-/m1/s1.